The number of Topliss-reactive ketones (excluding diaryl/α,β-unsaturated/α-hetero) is 1. The Morgan fingerprint density at radius 1 is 1.47 bits per heavy atom. The maximum Gasteiger partial charge on any atom is 0.197 e. The van der Waals surface area contributed by atoms with Crippen molar-refractivity contribution in [2.75, 3.05) is 0 Å². The van der Waals surface area contributed by atoms with Gasteiger partial charge in [-0.1, -0.05) is 19.1 Å². The first-order valence-corrected chi connectivity index (χ1v) is 4.85. The van der Waals surface area contributed by atoms with Crippen molar-refractivity contribution in [1.82, 2.24) is 0 Å². The third kappa shape index (κ3) is 1.54. The number of aryl methyl sites for hydroxylation is 1. The second-order valence-electron chi connectivity index (χ2n) is 3.50. The van der Waals surface area contributed by atoms with Crippen LogP contribution < -0.4 is 0 Å². The van der Waals surface area contributed by atoms with Gasteiger partial charge in [0.05, 0.1) is 0 Å². The molecule has 0 saturated heterocycles. The zero-order valence-corrected chi connectivity index (χ0v) is 8.63. The lowest BCUT2D eigenvalue weighted by molar-refractivity contribution is 0.0963. The van der Waals surface area contributed by atoms with Crippen LogP contribution in [0.5, 0.6) is 0 Å². The summed E-state index contributed by atoms with van der Waals surface area (Å²) in [5.41, 5.74) is 0.694. The van der Waals surface area contributed by atoms with Crippen LogP contribution in [0.4, 0.5) is 4.39 Å². The first kappa shape index (κ1) is 9.90. The fourth-order valence-corrected chi connectivity index (χ4v) is 1.48. The molecule has 0 saturated carbocycles. The number of fused-ring (bicyclic) bond motifs is 1. The molecule has 0 atom stereocenters. The van der Waals surface area contributed by atoms with Crippen molar-refractivity contribution < 1.29 is 13.6 Å². The normalized spacial score (nSPS) is 10.9. The first-order valence-electron chi connectivity index (χ1n) is 4.85. The molecule has 0 aliphatic heterocycles. The molecule has 1 aromatic heterocycles. The van der Waals surface area contributed by atoms with Crippen molar-refractivity contribution in [2.24, 2.45) is 0 Å². The minimum Gasteiger partial charge on any atom is -0.450 e. The highest BCUT2D eigenvalue weighted by Gasteiger charge is 2.14. The molecular weight excluding hydrogens is 195 g/mol. The van der Waals surface area contributed by atoms with Gasteiger partial charge in [-0.2, -0.15) is 0 Å². The van der Waals surface area contributed by atoms with Gasteiger partial charge in [-0.05, 0) is 18.6 Å². The van der Waals surface area contributed by atoms with Crippen molar-refractivity contribution in [3.63, 3.8) is 0 Å². The molecule has 2 rings (SSSR count). The molecule has 0 unspecified atom stereocenters. The summed E-state index contributed by atoms with van der Waals surface area (Å²) in [7, 11) is 0. The van der Waals surface area contributed by atoms with Gasteiger partial charge >= 0.3 is 0 Å². The number of benzene rings is 1. The van der Waals surface area contributed by atoms with Crippen LogP contribution in [0.2, 0.25) is 0 Å². The van der Waals surface area contributed by atoms with Crippen LogP contribution in [0, 0.1) is 12.7 Å². The number of hydrogen-bond donors (Lipinski definition) is 0. The standard InChI is InChI=1S/C12H11FO2/c1-3-9(14)10-6-8-5-4-7(2)11(13)12(8)15-10/h4-6H,3H2,1-2H3. The lowest BCUT2D eigenvalue weighted by atomic mass is 10.1. The number of ketones is 1. The van der Waals surface area contributed by atoms with E-state index >= 15 is 0 Å². The summed E-state index contributed by atoms with van der Waals surface area (Å²) in [6, 6.07) is 5.01. The van der Waals surface area contributed by atoms with Crippen LogP contribution >= 0.6 is 0 Å². The summed E-state index contributed by atoms with van der Waals surface area (Å²) in [6.07, 6.45) is 0.362. The Labute approximate surface area is 86.7 Å². The summed E-state index contributed by atoms with van der Waals surface area (Å²) in [5, 5.41) is 0.634. The summed E-state index contributed by atoms with van der Waals surface area (Å²) >= 11 is 0. The number of carbonyl (C=O) groups is 1. The van der Waals surface area contributed by atoms with Crippen LogP contribution in [-0.2, 0) is 0 Å². The second-order valence-corrected chi connectivity index (χ2v) is 3.50. The van der Waals surface area contributed by atoms with E-state index in [1.165, 1.54) is 0 Å². The van der Waals surface area contributed by atoms with Gasteiger partial charge in [0.2, 0.25) is 0 Å². The maximum atomic E-state index is 13.6. The predicted octanol–water partition coefficient (Wildman–Crippen LogP) is 3.47. The van der Waals surface area contributed by atoms with E-state index in [1.54, 1.807) is 32.0 Å². The number of carbonyl (C=O) groups excluding carboxylic acids is 1. The highest BCUT2D eigenvalue weighted by molar-refractivity contribution is 5.97. The molecule has 3 heteroatoms. The van der Waals surface area contributed by atoms with E-state index < -0.39 is 0 Å². The minimum absolute atomic E-state index is 0.108. The van der Waals surface area contributed by atoms with Crippen LogP contribution in [0.25, 0.3) is 11.0 Å². The Hall–Kier alpha value is -1.64. The molecule has 0 N–H and O–H groups in total. The van der Waals surface area contributed by atoms with E-state index in [2.05, 4.69) is 0 Å². The quantitative estimate of drug-likeness (QED) is 0.704. The molecule has 2 nitrogen and oxygen atoms in total. The Morgan fingerprint density at radius 3 is 2.87 bits per heavy atom. The Kier molecular flexibility index (Phi) is 2.31. The van der Waals surface area contributed by atoms with E-state index in [9.17, 15) is 9.18 Å². The molecule has 15 heavy (non-hydrogen) atoms. The third-order valence-corrected chi connectivity index (χ3v) is 2.42. The maximum absolute atomic E-state index is 13.6. The molecular formula is C12H11FO2. The van der Waals surface area contributed by atoms with Crippen molar-refractivity contribution in [3.8, 4) is 0 Å². The second kappa shape index (κ2) is 3.50. The number of furan rings is 1. The molecule has 0 spiro atoms. The van der Waals surface area contributed by atoms with Gasteiger partial charge in [-0.3, -0.25) is 4.79 Å². The van der Waals surface area contributed by atoms with Gasteiger partial charge < -0.3 is 4.42 Å². The molecule has 0 radical (unpaired) electrons. The lowest BCUT2D eigenvalue weighted by Gasteiger charge is -1.94. The molecule has 0 aliphatic rings. The fraction of sp³-hybridized carbons (Fsp3) is 0.250. The van der Waals surface area contributed by atoms with Gasteiger partial charge in [-0.15, -0.1) is 0 Å². The summed E-state index contributed by atoms with van der Waals surface area (Å²) < 4.78 is 18.8. The zero-order valence-electron chi connectivity index (χ0n) is 8.63. The first-order chi connectivity index (χ1) is 7.13. The molecule has 0 bridgehead atoms. The average molecular weight is 206 g/mol. The Balaban J connectivity index is 2.66. The summed E-state index contributed by atoms with van der Waals surface area (Å²) in [4.78, 5) is 11.4. The van der Waals surface area contributed by atoms with E-state index in [0.29, 0.717) is 17.4 Å². The number of hydrogen-bond acceptors (Lipinski definition) is 2. The van der Waals surface area contributed by atoms with E-state index in [-0.39, 0.29) is 22.9 Å². The topological polar surface area (TPSA) is 30.2 Å². The molecule has 1 heterocycles. The third-order valence-electron chi connectivity index (χ3n) is 2.42. The largest absolute Gasteiger partial charge is 0.450 e. The van der Waals surface area contributed by atoms with Crippen LogP contribution in [0.1, 0.15) is 29.5 Å². The van der Waals surface area contributed by atoms with Crippen LogP contribution in [0.15, 0.2) is 22.6 Å². The molecule has 0 aliphatic carbocycles. The molecule has 78 valence electrons. The van der Waals surface area contributed by atoms with Gasteiger partial charge in [0.15, 0.2) is 22.9 Å². The Bertz CT molecular complexity index is 526. The predicted molar refractivity (Wildman–Crippen MR) is 55.5 cm³/mol. The van der Waals surface area contributed by atoms with Gasteiger partial charge in [0, 0.05) is 11.8 Å². The zero-order chi connectivity index (χ0) is 11.0. The number of rotatable bonds is 2. The van der Waals surface area contributed by atoms with Crippen molar-refractivity contribution in [3.05, 3.63) is 35.3 Å². The van der Waals surface area contributed by atoms with E-state index in [0.717, 1.165) is 0 Å². The minimum atomic E-state index is -0.386. The van der Waals surface area contributed by atoms with Crippen LogP contribution in [0.3, 0.4) is 0 Å². The summed E-state index contributed by atoms with van der Waals surface area (Å²) in [5.74, 6) is -0.261. The van der Waals surface area contributed by atoms with E-state index in [1.807, 2.05) is 0 Å². The van der Waals surface area contributed by atoms with Gasteiger partial charge in [0.1, 0.15) is 0 Å². The van der Waals surface area contributed by atoms with Crippen molar-refractivity contribution >= 4 is 16.8 Å². The molecule has 0 amide bonds. The molecule has 0 fully saturated rings. The highest BCUT2D eigenvalue weighted by Crippen LogP contribution is 2.24. The fourth-order valence-electron chi connectivity index (χ4n) is 1.48. The molecule has 2 aromatic rings. The SMILES string of the molecule is CCC(=O)c1cc2ccc(C)c(F)c2o1. The number of halogens is 1. The van der Waals surface area contributed by atoms with Crippen molar-refractivity contribution in [1.29, 1.82) is 0 Å². The lowest BCUT2D eigenvalue weighted by Crippen LogP contribution is -1.92. The highest BCUT2D eigenvalue weighted by atomic mass is 19.1. The van der Waals surface area contributed by atoms with E-state index in [4.69, 9.17) is 4.42 Å². The molecule has 1 aromatic carbocycles. The van der Waals surface area contributed by atoms with Crippen LogP contribution in [-0.4, -0.2) is 5.78 Å². The van der Waals surface area contributed by atoms with Gasteiger partial charge in [0.25, 0.3) is 0 Å². The Morgan fingerprint density at radius 2 is 2.20 bits per heavy atom. The average Bonchev–Trinajstić information content (AvgIpc) is 2.67. The monoisotopic (exact) mass is 206 g/mol. The summed E-state index contributed by atoms with van der Waals surface area (Å²) in [6.45, 7) is 3.41. The smallest absolute Gasteiger partial charge is 0.197 e. The van der Waals surface area contributed by atoms with Crippen molar-refractivity contribution in [2.45, 2.75) is 20.3 Å². The van der Waals surface area contributed by atoms with Gasteiger partial charge in [-0.25, -0.2) is 4.39 Å².